The number of nitrogens with zero attached hydrogens (tertiary/aromatic N) is 1. The molecule has 0 saturated heterocycles. The lowest BCUT2D eigenvalue weighted by atomic mass is 10.0. The zero-order chi connectivity index (χ0) is 14.8. The van der Waals surface area contributed by atoms with E-state index in [9.17, 15) is 9.90 Å². The van der Waals surface area contributed by atoms with Gasteiger partial charge in [-0.15, -0.1) is 0 Å². The number of hydrogen-bond donors (Lipinski definition) is 2. The lowest BCUT2D eigenvalue weighted by Gasteiger charge is -2.32. The second-order valence-electron chi connectivity index (χ2n) is 5.61. The Hall–Kier alpha value is -1.75. The number of likely N-dealkylation sites (N-methyl/N-ethyl adjacent to an activating group) is 1. The number of carboxylic acid groups (broad SMARTS) is 1. The molecule has 1 saturated carbocycles. The maximum absolute atomic E-state index is 11.5. The van der Waals surface area contributed by atoms with Crippen LogP contribution in [-0.4, -0.2) is 43.4 Å². The summed E-state index contributed by atoms with van der Waals surface area (Å²) >= 11 is 0. The minimum absolute atomic E-state index is 0.348. The van der Waals surface area contributed by atoms with Crippen molar-refractivity contribution in [2.24, 2.45) is 0 Å². The molecule has 1 fully saturated rings. The normalized spacial score (nSPS) is 17.4. The fourth-order valence-corrected chi connectivity index (χ4v) is 2.26. The average Bonchev–Trinajstić information content (AvgIpc) is 3.22. The first-order valence-corrected chi connectivity index (χ1v) is 6.81. The highest BCUT2D eigenvalue weighted by Crippen LogP contribution is 2.25. The molecule has 20 heavy (non-hydrogen) atoms. The molecular formula is C15H22N2O3. The Morgan fingerprint density at radius 1 is 1.45 bits per heavy atom. The number of ether oxygens (including phenoxy) is 1. The Morgan fingerprint density at radius 2 is 2.05 bits per heavy atom. The first-order chi connectivity index (χ1) is 9.44. The molecule has 0 heterocycles. The van der Waals surface area contributed by atoms with Crippen LogP contribution in [0.3, 0.4) is 0 Å². The van der Waals surface area contributed by atoms with Crippen molar-refractivity contribution in [2.75, 3.05) is 25.6 Å². The van der Waals surface area contributed by atoms with Gasteiger partial charge < -0.3 is 14.7 Å². The first-order valence-electron chi connectivity index (χ1n) is 6.81. The van der Waals surface area contributed by atoms with Crippen LogP contribution in [-0.2, 0) is 4.79 Å². The van der Waals surface area contributed by atoms with E-state index in [1.807, 2.05) is 36.2 Å². The summed E-state index contributed by atoms with van der Waals surface area (Å²) in [6.45, 7) is 2.15. The molecule has 5 nitrogen and oxygen atoms in total. The number of aliphatic carboxylic acids is 1. The van der Waals surface area contributed by atoms with Crippen LogP contribution in [0.1, 0.15) is 19.8 Å². The minimum atomic E-state index is -0.935. The quantitative estimate of drug-likeness (QED) is 0.795. The second-order valence-corrected chi connectivity index (χ2v) is 5.61. The van der Waals surface area contributed by atoms with Crippen LogP contribution < -0.4 is 15.0 Å². The summed E-state index contributed by atoms with van der Waals surface area (Å²) in [5.74, 6) is -0.0241. The average molecular weight is 278 g/mol. The molecule has 0 aromatic heterocycles. The molecule has 1 aromatic carbocycles. The third kappa shape index (κ3) is 3.42. The van der Waals surface area contributed by atoms with E-state index in [-0.39, 0.29) is 0 Å². The van der Waals surface area contributed by atoms with Crippen molar-refractivity contribution in [3.8, 4) is 5.75 Å². The third-order valence-corrected chi connectivity index (χ3v) is 3.64. The van der Waals surface area contributed by atoms with Gasteiger partial charge in [-0.3, -0.25) is 10.1 Å². The number of rotatable bonds is 7. The largest absolute Gasteiger partial charge is 0.497 e. The van der Waals surface area contributed by atoms with Crippen molar-refractivity contribution < 1.29 is 14.6 Å². The van der Waals surface area contributed by atoms with E-state index in [1.54, 1.807) is 14.0 Å². The number of carboxylic acids is 1. The molecule has 1 aliphatic rings. The van der Waals surface area contributed by atoms with Gasteiger partial charge in [0.1, 0.15) is 11.3 Å². The SMILES string of the molecule is COc1ccc(N(C)CC(C)(NC2CC2)C(=O)O)cc1. The number of nitrogens with one attached hydrogen (secondary N) is 1. The molecule has 5 heteroatoms. The van der Waals surface area contributed by atoms with E-state index in [2.05, 4.69) is 5.32 Å². The van der Waals surface area contributed by atoms with Crippen molar-refractivity contribution in [1.29, 1.82) is 0 Å². The zero-order valence-corrected chi connectivity index (χ0v) is 12.2. The Morgan fingerprint density at radius 3 is 2.50 bits per heavy atom. The van der Waals surface area contributed by atoms with E-state index < -0.39 is 11.5 Å². The molecule has 110 valence electrons. The number of anilines is 1. The molecule has 1 unspecified atom stereocenters. The van der Waals surface area contributed by atoms with Crippen LogP contribution in [0.25, 0.3) is 0 Å². The minimum Gasteiger partial charge on any atom is -0.497 e. The van der Waals surface area contributed by atoms with E-state index in [1.165, 1.54) is 0 Å². The summed E-state index contributed by atoms with van der Waals surface area (Å²) in [4.78, 5) is 13.5. The molecule has 2 N–H and O–H groups in total. The molecule has 0 bridgehead atoms. The highest BCUT2D eigenvalue weighted by atomic mass is 16.5. The maximum atomic E-state index is 11.5. The fraction of sp³-hybridized carbons (Fsp3) is 0.533. The van der Waals surface area contributed by atoms with Gasteiger partial charge in [-0.05, 0) is 44.0 Å². The summed E-state index contributed by atoms with van der Waals surface area (Å²) in [5, 5.41) is 12.7. The van der Waals surface area contributed by atoms with Crippen molar-refractivity contribution in [3.05, 3.63) is 24.3 Å². The van der Waals surface area contributed by atoms with Crippen molar-refractivity contribution in [2.45, 2.75) is 31.3 Å². The van der Waals surface area contributed by atoms with E-state index in [4.69, 9.17) is 4.74 Å². The number of carbonyl (C=O) groups is 1. The van der Waals surface area contributed by atoms with E-state index in [0.29, 0.717) is 12.6 Å². The molecule has 0 aliphatic heterocycles. The van der Waals surface area contributed by atoms with Crippen LogP contribution in [0.2, 0.25) is 0 Å². The molecule has 1 aromatic rings. The van der Waals surface area contributed by atoms with Crippen molar-refractivity contribution in [3.63, 3.8) is 0 Å². The van der Waals surface area contributed by atoms with Crippen LogP contribution in [0, 0.1) is 0 Å². The summed E-state index contributed by atoms with van der Waals surface area (Å²) < 4.78 is 5.12. The number of hydrogen-bond acceptors (Lipinski definition) is 4. The number of benzene rings is 1. The Bertz CT molecular complexity index is 471. The predicted molar refractivity (Wildman–Crippen MR) is 78.5 cm³/mol. The summed E-state index contributed by atoms with van der Waals surface area (Å²) in [6.07, 6.45) is 2.13. The van der Waals surface area contributed by atoms with Crippen LogP contribution in [0.4, 0.5) is 5.69 Å². The summed E-state index contributed by atoms with van der Waals surface area (Å²) in [6, 6.07) is 7.95. The molecular weight excluding hydrogens is 256 g/mol. The van der Waals surface area contributed by atoms with Gasteiger partial charge >= 0.3 is 5.97 Å². The van der Waals surface area contributed by atoms with Gasteiger partial charge in [0.25, 0.3) is 0 Å². The maximum Gasteiger partial charge on any atom is 0.325 e. The first kappa shape index (κ1) is 14.7. The Kier molecular flexibility index (Phi) is 4.18. The van der Waals surface area contributed by atoms with Gasteiger partial charge in [0, 0.05) is 25.3 Å². The summed E-state index contributed by atoms with van der Waals surface area (Å²) in [7, 11) is 3.53. The smallest absolute Gasteiger partial charge is 0.325 e. The lowest BCUT2D eigenvalue weighted by Crippen LogP contribution is -2.57. The van der Waals surface area contributed by atoms with E-state index in [0.717, 1.165) is 24.3 Å². The van der Waals surface area contributed by atoms with Crippen LogP contribution in [0.15, 0.2) is 24.3 Å². The monoisotopic (exact) mass is 278 g/mol. The predicted octanol–water partition coefficient (Wildman–Crippen LogP) is 1.73. The Balaban J connectivity index is 2.06. The Labute approximate surface area is 119 Å². The van der Waals surface area contributed by atoms with Crippen molar-refractivity contribution in [1.82, 2.24) is 5.32 Å². The molecule has 2 rings (SSSR count). The van der Waals surface area contributed by atoms with Gasteiger partial charge in [-0.2, -0.15) is 0 Å². The van der Waals surface area contributed by atoms with Gasteiger partial charge in [0.15, 0.2) is 0 Å². The van der Waals surface area contributed by atoms with Gasteiger partial charge in [0.05, 0.1) is 7.11 Å². The highest BCUT2D eigenvalue weighted by molar-refractivity contribution is 5.79. The molecule has 1 aliphatic carbocycles. The molecule has 0 radical (unpaired) electrons. The second kappa shape index (κ2) is 5.71. The summed E-state index contributed by atoms with van der Waals surface area (Å²) in [5.41, 5.74) is 0.0337. The fourth-order valence-electron chi connectivity index (χ4n) is 2.26. The third-order valence-electron chi connectivity index (χ3n) is 3.64. The van der Waals surface area contributed by atoms with Crippen molar-refractivity contribution >= 4 is 11.7 Å². The standard InChI is InChI=1S/C15H22N2O3/c1-15(14(18)19,16-11-4-5-11)10-17(2)12-6-8-13(20-3)9-7-12/h6-9,11,16H,4-5,10H2,1-3H3,(H,18,19). The van der Waals surface area contributed by atoms with Gasteiger partial charge in [-0.25, -0.2) is 0 Å². The van der Waals surface area contributed by atoms with Gasteiger partial charge in [0.2, 0.25) is 0 Å². The van der Waals surface area contributed by atoms with E-state index >= 15 is 0 Å². The molecule has 1 atom stereocenters. The molecule has 0 spiro atoms. The zero-order valence-electron chi connectivity index (χ0n) is 12.2. The van der Waals surface area contributed by atoms with Crippen LogP contribution >= 0.6 is 0 Å². The van der Waals surface area contributed by atoms with Gasteiger partial charge in [-0.1, -0.05) is 0 Å². The topological polar surface area (TPSA) is 61.8 Å². The lowest BCUT2D eigenvalue weighted by molar-refractivity contribution is -0.143. The highest BCUT2D eigenvalue weighted by Gasteiger charge is 2.39. The number of methoxy groups -OCH3 is 1. The molecule has 0 amide bonds. The van der Waals surface area contributed by atoms with Crippen LogP contribution in [0.5, 0.6) is 5.75 Å².